The highest BCUT2D eigenvalue weighted by Gasteiger charge is 2.20. The van der Waals surface area contributed by atoms with Crippen molar-refractivity contribution in [3.05, 3.63) is 77.2 Å². The van der Waals surface area contributed by atoms with E-state index in [9.17, 15) is 4.79 Å². The molecule has 5 nitrogen and oxygen atoms in total. The van der Waals surface area contributed by atoms with Gasteiger partial charge in [0.2, 0.25) is 5.76 Å². The van der Waals surface area contributed by atoms with Crippen LogP contribution >= 0.6 is 0 Å². The monoisotopic (exact) mass is 333 g/mol. The zero-order valence-electron chi connectivity index (χ0n) is 14.0. The zero-order valence-corrected chi connectivity index (χ0v) is 14.0. The van der Waals surface area contributed by atoms with E-state index in [0.717, 1.165) is 30.8 Å². The van der Waals surface area contributed by atoms with Gasteiger partial charge in [0.25, 0.3) is 5.91 Å². The van der Waals surface area contributed by atoms with E-state index in [-0.39, 0.29) is 11.7 Å². The summed E-state index contributed by atoms with van der Waals surface area (Å²) in [6.45, 7) is 3.53. The summed E-state index contributed by atoms with van der Waals surface area (Å²) in [7, 11) is 0. The first-order chi connectivity index (χ1) is 12.2. The maximum Gasteiger partial charge on any atom is 0.294 e. The van der Waals surface area contributed by atoms with Crippen LogP contribution in [0, 0.1) is 6.92 Å². The topological polar surface area (TPSA) is 58.4 Å². The number of carbonyl (C=O) groups is 1. The summed E-state index contributed by atoms with van der Waals surface area (Å²) in [5.41, 5.74) is 5.21. The lowest BCUT2D eigenvalue weighted by Crippen LogP contribution is -2.21. The molecule has 0 unspecified atom stereocenters. The van der Waals surface area contributed by atoms with Crippen LogP contribution in [0.5, 0.6) is 0 Å². The summed E-state index contributed by atoms with van der Waals surface area (Å²) < 4.78 is 5.05. The number of para-hydroxylation sites is 2. The number of hydrogen-bond acceptors (Lipinski definition) is 4. The van der Waals surface area contributed by atoms with Gasteiger partial charge in [0, 0.05) is 30.5 Å². The molecule has 1 aliphatic rings. The maximum absolute atomic E-state index is 12.4. The van der Waals surface area contributed by atoms with Gasteiger partial charge in [-0.05, 0) is 36.6 Å². The van der Waals surface area contributed by atoms with E-state index in [1.807, 2.05) is 24.3 Å². The van der Waals surface area contributed by atoms with Gasteiger partial charge in [-0.1, -0.05) is 41.6 Å². The zero-order chi connectivity index (χ0) is 17.2. The highest BCUT2D eigenvalue weighted by Crippen LogP contribution is 2.30. The van der Waals surface area contributed by atoms with E-state index in [0.29, 0.717) is 5.69 Å². The van der Waals surface area contributed by atoms with Gasteiger partial charge in [-0.2, -0.15) is 0 Å². The largest absolute Gasteiger partial charge is 0.367 e. The average Bonchev–Trinajstić information content (AvgIpc) is 3.23. The molecular formula is C20H19N3O2. The smallest absolute Gasteiger partial charge is 0.294 e. The van der Waals surface area contributed by atoms with Gasteiger partial charge in [0.15, 0.2) is 0 Å². The fourth-order valence-corrected chi connectivity index (χ4v) is 3.21. The molecule has 0 saturated carbocycles. The van der Waals surface area contributed by atoms with Crippen molar-refractivity contribution < 1.29 is 9.32 Å². The molecule has 126 valence electrons. The lowest BCUT2D eigenvalue weighted by atomic mass is 10.1. The van der Waals surface area contributed by atoms with Gasteiger partial charge in [0.1, 0.15) is 0 Å². The Morgan fingerprint density at radius 1 is 1.20 bits per heavy atom. The summed E-state index contributed by atoms with van der Waals surface area (Å²) >= 11 is 0. The molecule has 0 fully saturated rings. The Morgan fingerprint density at radius 3 is 2.84 bits per heavy atom. The van der Waals surface area contributed by atoms with Crippen LogP contribution in [0.1, 0.15) is 27.4 Å². The molecule has 1 amide bonds. The highest BCUT2D eigenvalue weighted by molar-refractivity contribution is 6.02. The molecule has 0 spiro atoms. The number of aryl methyl sites for hydroxylation is 1. The Labute approximate surface area is 146 Å². The molecule has 0 aliphatic carbocycles. The van der Waals surface area contributed by atoms with Crippen molar-refractivity contribution in [1.29, 1.82) is 0 Å². The van der Waals surface area contributed by atoms with E-state index >= 15 is 0 Å². The number of anilines is 2. The van der Waals surface area contributed by atoms with Crippen LogP contribution in [0.4, 0.5) is 11.4 Å². The molecule has 2 aromatic carbocycles. The molecule has 1 aliphatic heterocycles. The number of rotatable bonds is 4. The molecule has 0 bridgehead atoms. The SMILES string of the molecule is Cc1cc(C(=O)Nc2ccccc2CN2CCc3ccccc32)on1. The molecule has 0 radical (unpaired) electrons. The third-order valence-electron chi connectivity index (χ3n) is 4.46. The van der Waals surface area contributed by atoms with Crippen LogP contribution in [0.3, 0.4) is 0 Å². The molecule has 5 heteroatoms. The Morgan fingerprint density at radius 2 is 2.00 bits per heavy atom. The predicted octanol–water partition coefficient (Wildman–Crippen LogP) is 3.80. The summed E-state index contributed by atoms with van der Waals surface area (Å²) in [5, 5.41) is 6.70. The Bertz CT molecular complexity index is 917. The summed E-state index contributed by atoms with van der Waals surface area (Å²) in [4.78, 5) is 14.7. The molecule has 3 aromatic rings. The van der Waals surface area contributed by atoms with Gasteiger partial charge >= 0.3 is 0 Å². The third-order valence-corrected chi connectivity index (χ3v) is 4.46. The lowest BCUT2D eigenvalue weighted by Gasteiger charge is -2.21. The van der Waals surface area contributed by atoms with Gasteiger partial charge in [0.05, 0.1) is 5.69 Å². The molecule has 1 aromatic heterocycles. The molecule has 2 heterocycles. The van der Waals surface area contributed by atoms with E-state index in [1.165, 1.54) is 11.3 Å². The maximum atomic E-state index is 12.4. The second-order valence-corrected chi connectivity index (χ2v) is 6.24. The molecule has 1 N–H and O–H groups in total. The standard InChI is InChI=1S/C20H19N3O2/c1-14-12-19(25-22-14)20(24)21-17-8-4-2-7-16(17)13-23-11-10-15-6-3-5-9-18(15)23/h2-9,12H,10-11,13H2,1H3,(H,21,24). The molecule has 0 saturated heterocycles. The van der Waals surface area contributed by atoms with Gasteiger partial charge in [-0.3, -0.25) is 4.79 Å². The van der Waals surface area contributed by atoms with Crippen molar-refractivity contribution in [2.24, 2.45) is 0 Å². The summed E-state index contributed by atoms with van der Waals surface area (Å²) in [6.07, 6.45) is 1.06. The van der Waals surface area contributed by atoms with Crippen molar-refractivity contribution in [3.8, 4) is 0 Å². The Hall–Kier alpha value is -3.08. The fraction of sp³-hybridized carbons (Fsp3) is 0.200. The van der Waals surface area contributed by atoms with Crippen LogP contribution in [-0.2, 0) is 13.0 Å². The molecule has 0 atom stereocenters. The van der Waals surface area contributed by atoms with Gasteiger partial charge < -0.3 is 14.7 Å². The van der Waals surface area contributed by atoms with E-state index in [1.54, 1.807) is 13.0 Å². The number of carbonyl (C=O) groups excluding carboxylic acids is 1. The third kappa shape index (κ3) is 3.13. The van der Waals surface area contributed by atoms with Crippen molar-refractivity contribution in [3.63, 3.8) is 0 Å². The number of fused-ring (bicyclic) bond motifs is 1. The van der Waals surface area contributed by atoms with Gasteiger partial charge in [-0.15, -0.1) is 0 Å². The van der Waals surface area contributed by atoms with Crippen molar-refractivity contribution in [2.75, 3.05) is 16.8 Å². The highest BCUT2D eigenvalue weighted by atomic mass is 16.5. The van der Waals surface area contributed by atoms with Crippen molar-refractivity contribution in [2.45, 2.75) is 19.9 Å². The number of nitrogens with zero attached hydrogens (tertiary/aromatic N) is 2. The first-order valence-corrected chi connectivity index (χ1v) is 8.36. The minimum atomic E-state index is -0.283. The number of aromatic nitrogens is 1. The molecule has 25 heavy (non-hydrogen) atoms. The summed E-state index contributed by atoms with van der Waals surface area (Å²) in [5.74, 6) is -0.0614. The first-order valence-electron chi connectivity index (χ1n) is 8.36. The summed E-state index contributed by atoms with van der Waals surface area (Å²) in [6, 6.07) is 18.0. The van der Waals surface area contributed by atoms with Crippen LogP contribution in [0.25, 0.3) is 0 Å². The van der Waals surface area contributed by atoms with Crippen LogP contribution in [0.15, 0.2) is 59.1 Å². The predicted molar refractivity (Wildman–Crippen MR) is 96.8 cm³/mol. The fourth-order valence-electron chi connectivity index (χ4n) is 3.21. The number of hydrogen-bond donors (Lipinski definition) is 1. The van der Waals surface area contributed by atoms with E-state index < -0.39 is 0 Å². The second-order valence-electron chi connectivity index (χ2n) is 6.24. The second kappa shape index (κ2) is 6.43. The minimum Gasteiger partial charge on any atom is -0.367 e. The number of amides is 1. The Balaban J connectivity index is 1.55. The van der Waals surface area contributed by atoms with E-state index in [2.05, 4.69) is 39.6 Å². The number of nitrogens with one attached hydrogen (secondary N) is 1. The normalized spacial score (nSPS) is 12.9. The molecular weight excluding hydrogens is 314 g/mol. The minimum absolute atomic E-state index is 0.221. The quantitative estimate of drug-likeness (QED) is 0.789. The van der Waals surface area contributed by atoms with Crippen molar-refractivity contribution >= 4 is 17.3 Å². The lowest BCUT2D eigenvalue weighted by molar-refractivity contribution is 0.0988. The molecule has 4 rings (SSSR count). The van der Waals surface area contributed by atoms with Crippen LogP contribution < -0.4 is 10.2 Å². The number of benzene rings is 2. The Kier molecular flexibility index (Phi) is 3.98. The van der Waals surface area contributed by atoms with Crippen LogP contribution in [0.2, 0.25) is 0 Å². The van der Waals surface area contributed by atoms with Crippen LogP contribution in [-0.4, -0.2) is 17.6 Å². The average molecular weight is 333 g/mol. The van der Waals surface area contributed by atoms with Gasteiger partial charge in [-0.25, -0.2) is 0 Å². The first kappa shape index (κ1) is 15.4. The van der Waals surface area contributed by atoms with Crippen molar-refractivity contribution in [1.82, 2.24) is 5.16 Å². The van der Waals surface area contributed by atoms with E-state index in [4.69, 9.17) is 4.52 Å².